The maximum Gasteiger partial charge on any atom is 0.407 e. The van der Waals surface area contributed by atoms with Gasteiger partial charge in [0, 0.05) is 23.7 Å². The molecule has 0 saturated carbocycles. The van der Waals surface area contributed by atoms with Gasteiger partial charge in [-0.1, -0.05) is 17.7 Å². The van der Waals surface area contributed by atoms with Gasteiger partial charge >= 0.3 is 6.09 Å². The molecule has 2 aliphatic rings. The number of carbonyl (C=O) groups excluding carboxylic acids is 1. The molecule has 0 spiro atoms. The quantitative estimate of drug-likeness (QED) is 0.843. The van der Waals surface area contributed by atoms with Gasteiger partial charge in [0.1, 0.15) is 5.60 Å². The molecule has 3 rings (SSSR count). The lowest BCUT2D eigenvalue weighted by Gasteiger charge is -2.38. The van der Waals surface area contributed by atoms with E-state index in [-0.39, 0.29) is 18.2 Å². The number of alkyl carbamates (subject to hydrolysis) is 1. The second-order valence-electron chi connectivity index (χ2n) is 8.04. The molecule has 1 aliphatic carbocycles. The van der Waals surface area contributed by atoms with Gasteiger partial charge in [-0.05, 0) is 69.8 Å². The summed E-state index contributed by atoms with van der Waals surface area (Å²) in [5.41, 5.74) is 1.59. The Balaban J connectivity index is 1.62. The molecule has 0 aromatic heterocycles. The molecule has 25 heavy (non-hydrogen) atoms. The first kappa shape index (κ1) is 18.5. The average molecular weight is 367 g/mol. The van der Waals surface area contributed by atoms with Crippen LogP contribution in [0.5, 0.6) is 0 Å². The molecule has 1 heterocycles. The lowest BCUT2D eigenvalue weighted by molar-refractivity contribution is 0.0301. The summed E-state index contributed by atoms with van der Waals surface area (Å²) in [6.45, 7) is 7.23. The molecule has 3 atom stereocenters. The smallest absolute Gasteiger partial charge is 0.407 e. The summed E-state index contributed by atoms with van der Waals surface area (Å²) in [6, 6.07) is 5.78. The zero-order valence-corrected chi connectivity index (χ0v) is 15.8. The van der Waals surface area contributed by atoms with E-state index in [4.69, 9.17) is 16.3 Å². The molecule has 138 valence electrons. The molecule has 1 amide bonds. The van der Waals surface area contributed by atoms with E-state index in [1.807, 2.05) is 39.0 Å². The Labute approximate surface area is 154 Å². The number of nitrogens with one attached hydrogen (secondary N) is 1. The Morgan fingerprint density at radius 1 is 1.40 bits per heavy atom. The number of aliphatic hydroxyl groups is 1. The summed E-state index contributed by atoms with van der Waals surface area (Å²) < 4.78 is 5.35. The lowest BCUT2D eigenvalue weighted by Crippen LogP contribution is -2.52. The van der Waals surface area contributed by atoms with Crippen LogP contribution in [-0.2, 0) is 11.2 Å². The zero-order valence-electron chi connectivity index (χ0n) is 15.1. The maximum absolute atomic E-state index is 12.0. The Morgan fingerprint density at radius 3 is 2.88 bits per heavy atom. The van der Waals surface area contributed by atoms with E-state index in [1.54, 1.807) is 0 Å². The first-order valence-corrected chi connectivity index (χ1v) is 9.31. The highest BCUT2D eigenvalue weighted by atomic mass is 35.5. The molecule has 1 fully saturated rings. The van der Waals surface area contributed by atoms with Gasteiger partial charge < -0.3 is 15.2 Å². The third-order valence-electron chi connectivity index (χ3n) is 4.86. The number of hydrogen-bond acceptors (Lipinski definition) is 4. The normalized spacial score (nSPS) is 27.0. The van der Waals surface area contributed by atoms with E-state index >= 15 is 0 Å². The molecule has 1 aromatic rings. The predicted molar refractivity (Wildman–Crippen MR) is 97.9 cm³/mol. The highest BCUT2D eigenvalue weighted by molar-refractivity contribution is 6.30. The zero-order chi connectivity index (χ0) is 18.2. The van der Waals surface area contributed by atoms with Crippen molar-refractivity contribution in [2.24, 2.45) is 0 Å². The highest BCUT2D eigenvalue weighted by Crippen LogP contribution is 2.36. The molecule has 1 aromatic carbocycles. The SMILES string of the molecule is CC(C)(C)OC(=O)N[C@@H]1CCCN([C@H]2Cc3cc(Cl)ccc3[C@H]2O)C1. The summed E-state index contributed by atoms with van der Waals surface area (Å²) in [5.74, 6) is 0. The van der Waals surface area contributed by atoms with Crippen molar-refractivity contribution in [1.82, 2.24) is 10.2 Å². The fourth-order valence-electron chi connectivity index (χ4n) is 3.81. The molecule has 0 radical (unpaired) electrons. The predicted octanol–water partition coefficient (Wildman–Crippen LogP) is 3.29. The minimum atomic E-state index is -0.507. The van der Waals surface area contributed by atoms with Crippen molar-refractivity contribution in [1.29, 1.82) is 0 Å². The van der Waals surface area contributed by atoms with Crippen molar-refractivity contribution in [3.8, 4) is 0 Å². The third-order valence-corrected chi connectivity index (χ3v) is 5.09. The number of likely N-dealkylation sites (tertiary alicyclic amines) is 1. The van der Waals surface area contributed by atoms with Crippen LogP contribution in [-0.4, -0.2) is 46.9 Å². The number of rotatable bonds is 2. The maximum atomic E-state index is 12.0. The first-order valence-electron chi connectivity index (χ1n) is 8.93. The van der Waals surface area contributed by atoms with Crippen LogP contribution in [0, 0.1) is 0 Å². The Kier molecular flexibility index (Phi) is 5.28. The largest absolute Gasteiger partial charge is 0.444 e. The highest BCUT2D eigenvalue weighted by Gasteiger charge is 2.37. The second kappa shape index (κ2) is 7.14. The van der Waals surface area contributed by atoms with Crippen LogP contribution in [0.4, 0.5) is 4.79 Å². The average Bonchev–Trinajstić information content (AvgIpc) is 2.82. The number of fused-ring (bicyclic) bond motifs is 1. The molecule has 5 nitrogen and oxygen atoms in total. The monoisotopic (exact) mass is 366 g/mol. The summed E-state index contributed by atoms with van der Waals surface area (Å²) in [7, 11) is 0. The fraction of sp³-hybridized carbons (Fsp3) is 0.632. The number of amides is 1. The third kappa shape index (κ3) is 4.46. The Hall–Kier alpha value is -1.30. The van der Waals surface area contributed by atoms with Crippen LogP contribution in [0.15, 0.2) is 18.2 Å². The van der Waals surface area contributed by atoms with Gasteiger partial charge in [-0.3, -0.25) is 4.90 Å². The molecule has 1 saturated heterocycles. The fourth-order valence-corrected chi connectivity index (χ4v) is 4.01. The van der Waals surface area contributed by atoms with E-state index in [9.17, 15) is 9.90 Å². The number of benzene rings is 1. The van der Waals surface area contributed by atoms with E-state index in [1.165, 1.54) is 0 Å². The molecular weight excluding hydrogens is 340 g/mol. The molecule has 6 heteroatoms. The number of carbonyl (C=O) groups is 1. The topological polar surface area (TPSA) is 61.8 Å². The van der Waals surface area contributed by atoms with Gasteiger partial charge in [0.15, 0.2) is 0 Å². The number of nitrogens with zero attached hydrogens (tertiary/aromatic N) is 1. The van der Waals surface area contributed by atoms with E-state index < -0.39 is 11.7 Å². The van der Waals surface area contributed by atoms with Gasteiger partial charge in [0.05, 0.1) is 6.10 Å². The van der Waals surface area contributed by atoms with E-state index in [0.717, 1.165) is 43.5 Å². The minimum absolute atomic E-state index is 0.0386. The number of halogens is 1. The van der Waals surface area contributed by atoms with Gasteiger partial charge in [0.25, 0.3) is 0 Å². The lowest BCUT2D eigenvalue weighted by atomic mass is 10.0. The van der Waals surface area contributed by atoms with Crippen molar-refractivity contribution in [3.63, 3.8) is 0 Å². The number of ether oxygens (including phenoxy) is 1. The summed E-state index contributed by atoms with van der Waals surface area (Å²) in [6.07, 6.45) is 1.82. The number of aliphatic hydroxyl groups excluding tert-OH is 1. The van der Waals surface area contributed by atoms with E-state index in [0.29, 0.717) is 5.02 Å². The van der Waals surface area contributed by atoms with Crippen molar-refractivity contribution in [2.75, 3.05) is 13.1 Å². The minimum Gasteiger partial charge on any atom is -0.444 e. The molecule has 0 unspecified atom stereocenters. The van der Waals surface area contributed by atoms with Gasteiger partial charge in [-0.25, -0.2) is 4.79 Å². The van der Waals surface area contributed by atoms with Crippen LogP contribution in [0.2, 0.25) is 5.02 Å². The Bertz CT molecular complexity index is 644. The summed E-state index contributed by atoms with van der Waals surface area (Å²) in [5, 5.41) is 14.4. The summed E-state index contributed by atoms with van der Waals surface area (Å²) in [4.78, 5) is 14.3. The molecule has 2 N–H and O–H groups in total. The number of hydrogen-bond donors (Lipinski definition) is 2. The first-order chi connectivity index (χ1) is 11.7. The van der Waals surface area contributed by atoms with Crippen LogP contribution >= 0.6 is 11.6 Å². The van der Waals surface area contributed by atoms with Crippen molar-refractivity contribution in [2.45, 2.75) is 63.8 Å². The van der Waals surface area contributed by atoms with Gasteiger partial charge in [-0.15, -0.1) is 0 Å². The van der Waals surface area contributed by atoms with Crippen molar-refractivity contribution < 1.29 is 14.6 Å². The van der Waals surface area contributed by atoms with Crippen molar-refractivity contribution >= 4 is 17.7 Å². The van der Waals surface area contributed by atoms with Gasteiger partial charge in [-0.2, -0.15) is 0 Å². The Morgan fingerprint density at radius 2 is 2.16 bits per heavy atom. The van der Waals surface area contributed by atoms with Crippen LogP contribution in [0.25, 0.3) is 0 Å². The second-order valence-corrected chi connectivity index (χ2v) is 8.48. The summed E-state index contributed by atoms with van der Waals surface area (Å²) >= 11 is 6.08. The molecule has 1 aliphatic heterocycles. The van der Waals surface area contributed by atoms with E-state index in [2.05, 4.69) is 10.2 Å². The van der Waals surface area contributed by atoms with Crippen molar-refractivity contribution in [3.05, 3.63) is 34.3 Å². The van der Waals surface area contributed by atoms with Crippen LogP contribution < -0.4 is 5.32 Å². The molecular formula is C19H27ClN2O3. The number of piperidine rings is 1. The van der Waals surface area contributed by atoms with Crippen LogP contribution in [0.3, 0.4) is 0 Å². The standard InChI is InChI=1S/C19H27ClN2O3/c1-19(2,3)25-18(24)21-14-5-4-8-22(11-14)16-10-12-9-13(20)6-7-15(12)17(16)23/h6-7,9,14,16-17,23H,4-5,8,10-11H2,1-3H3,(H,21,24)/t14-,16+,17-/m1/s1. The molecule has 0 bridgehead atoms. The van der Waals surface area contributed by atoms with Gasteiger partial charge in [0.2, 0.25) is 0 Å². The van der Waals surface area contributed by atoms with Crippen LogP contribution in [0.1, 0.15) is 50.8 Å².